The van der Waals surface area contributed by atoms with Gasteiger partial charge in [-0.15, -0.1) is 0 Å². The van der Waals surface area contributed by atoms with Crippen molar-refractivity contribution in [3.05, 3.63) is 58.6 Å². The van der Waals surface area contributed by atoms with Gasteiger partial charge in [-0.3, -0.25) is 19.0 Å². The quantitative estimate of drug-likeness (QED) is 0.478. The Hall–Kier alpha value is -3.34. The molecule has 1 unspecified atom stereocenters. The summed E-state index contributed by atoms with van der Waals surface area (Å²) in [5.74, 6) is -1.37. The van der Waals surface area contributed by atoms with Crippen molar-refractivity contribution in [2.75, 3.05) is 10.6 Å². The molecule has 2 N–H and O–H groups in total. The fraction of sp³-hybridized carbons (Fsp3) is 0.364. The van der Waals surface area contributed by atoms with Gasteiger partial charge in [-0.05, 0) is 38.8 Å². The lowest BCUT2D eigenvalue weighted by Gasteiger charge is -2.15. The molecule has 0 spiro atoms. The van der Waals surface area contributed by atoms with E-state index in [-0.39, 0.29) is 23.0 Å². The second-order valence-electron chi connectivity index (χ2n) is 8.00. The normalized spacial score (nSPS) is 14.6. The van der Waals surface area contributed by atoms with E-state index in [9.17, 15) is 22.8 Å². The smallest absolute Gasteiger partial charge is 0.321 e. The number of anilines is 2. The minimum Gasteiger partial charge on any atom is -0.321 e. The predicted octanol–water partition coefficient (Wildman–Crippen LogP) is 5.10. The van der Waals surface area contributed by atoms with Crippen molar-refractivity contribution in [2.45, 2.75) is 51.4 Å². The summed E-state index contributed by atoms with van der Waals surface area (Å²) in [7, 11) is 0. The third-order valence-corrected chi connectivity index (χ3v) is 5.83. The number of alkyl halides is 3. The fourth-order valence-electron chi connectivity index (χ4n) is 3.53. The molecule has 0 bridgehead atoms. The molecule has 0 aliphatic heterocycles. The van der Waals surface area contributed by atoms with Crippen LogP contribution in [-0.2, 0) is 17.5 Å². The van der Waals surface area contributed by atoms with Gasteiger partial charge in [0.05, 0.1) is 16.4 Å². The molecular weight excluding hydrogens is 473 g/mol. The Kier molecular flexibility index (Phi) is 6.39. The van der Waals surface area contributed by atoms with Crippen LogP contribution in [0, 0.1) is 0 Å². The van der Waals surface area contributed by atoms with Gasteiger partial charge in [0.2, 0.25) is 5.91 Å². The maximum Gasteiger partial charge on any atom is 0.436 e. The van der Waals surface area contributed by atoms with E-state index < -0.39 is 34.7 Å². The number of hydrogen-bond acceptors (Lipinski definition) is 4. The predicted molar refractivity (Wildman–Crippen MR) is 120 cm³/mol. The van der Waals surface area contributed by atoms with E-state index in [0.29, 0.717) is 25.1 Å². The van der Waals surface area contributed by atoms with Crippen molar-refractivity contribution in [3.8, 4) is 0 Å². The molecule has 2 aromatic heterocycles. The number of nitrogens with one attached hydrogen (secondary N) is 2. The number of carbonyl (C=O) groups excluding carboxylic acids is 2. The van der Waals surface area contributed by atoms with Crippen LogP contribution in [0.15, 0.2) is 36.5 Å². The van der Waals surface area contributed by atoms with Gasteiger partial charge >= 0.3 is 6.18 Å². The molecule has 12 heteroatoms. The first kappa shape index (κ1) is 23.8. The van der Waals surface area contributed by atoms with E-state index in [2.05, 4.69) is 20.8 Å². The first-order valence-electron chi connectivity index (χ1n) is 10.7. The van der Waals surface area contributed by atoms with Gasteiger partial charge in [-0.2, -0.15) is 23.4 Å². The summed E-state index contributed by atoms with van der Waals surface area (Å²) in [6.07, 6.45) is -1.91. The Balaban J connectivity index is 1.60. The Labute approximate surface area is 198 Å². The summed E-state index contributed by atoms with van der Waals surface area (Å²) in [6, 6.07) is 7.61. The summed E-state index contributed by atoms with van der Waals surface area (Å²) >= 11 is 6.02. The zero-order chi connectivity index (χ0) is 24.6. The van der Waals surface area contributed by atoms with E-state index >= 15 is 0 Å². The molecule has 2 amide bonds. The molecule has 1 aromatic carbocycles. The van der Waals surface area contributed by atoms with Crippen LogP contribution in [0.1, 0.15) is 60.5 Å². The van der Waals surface area contributed by atoms with Crippen molar-refractivity contribution in [1.82, 2.24) is 19.6 Å². The molecule has 180 valence electrons. The highest BCUT2D eigenvalue weighted by molar-refractivity contribution is 6.32. The van der Waals surface area contributed by atoms with Crippen molar-refractivity contribution in [3.63, 3.8) is 0 Å². The number of carbonyl (C=O) groups is 2. The zero-order valence-electron chi connectivity index (χ0n) is 18.4. The van der Waals surface area contributed by atoms with Crippen LogP contribution < -0.4 is 10.6 Å². The summed E-state index contributed by atoms with van der Waals surface area (Å²) < 4.78 is 42.7. The van der Waals surface area contributed by atoms with Crippen LogP contribution in [0.5, 0.6) is 0 Å². The molecule has 8 nitrogen and oxygen atoms in total. The molecule has 4 rings (SSSR count). The lowest BCUT2D eigenvalue weighted by Crippen LogP contribution is -2.27. The molecule has 1 fully saturated rings. The highest BCUT2D eigenvalue weighted by Crippen LogP contribution is 2.47. The molecule has 3 aromatic rings. The number of aryl methyl sites for hydroxylation is 1. The van der Waals surface area contributed by atoms with Crippen molar-refractivity contribution in [2.24, 2.45) is 0 Å². The lowest BCUT2D eigenvalue weighted by atomic mass is 10.2. The topological polar surface area (TPSA) is 93.8 Å². The second-order valence-corrected chi connectivity index (χ2v) is 8.37. The second kappa shape index (κ2) is 9.13. The van der Waals surface area contributed by atoms with Crippen LogP contribution in [0.2, 0.25) is 5.02 Å². The van der Waals surface area contributed by atoms with Gasteiger partial charge in [0.15, 0.2) is 11.4 Å². The largest absolute Gasteiger partial charge is 0.436 e. The van der Waals surface area contributed by atoms with Crippen molar-refractivity contribution < 1.29 is 22.8 Å². The minimum atomic E-state index is -4.74. The molecule has 34 heavy (non-hydrogen) atoms. The molecule has 0 saturated heterocycles. The van der Waals surface area contributed by atoms with Crippen molar-refractivity contribution >= 4 is 34.8 Å². The number of benzene rings is 1. The summed E-state index contributed by atoms with van der Waals surface area (Å²) in [6.45, 7) is 3.68. The molecule has 1 saturated carbocycles. The van der Waals surface area contributed by atoms with Gasteiger partial charge in [-0.25, -0.2) is 0 Å². The number of halogens is 4. The van der Waals surface area contributed by atoms with Crippen LogP contribution >= 0.6 is 11.6 Å². The third-order valence-electron chi connectivity index (χ3n) is 5.46. The SMILES string of the molecule is CCn1cc(NC(=O)C(C)n2nc(C(F)(F)F)c(Cl)c2C2CC2)c(C(=O)Nc2ccccc2)n1. The van der Waals surface area contributed by atoms with Gasteiger partial charge < -0.3 is 10.6 Å². The van der Waals surface area contributed by atoms with Crippen LogP contribution in [-0.4, -0.2) is 31.4 Å². The third kappa shape index (κ3) is 4.79. The van der Waals surface area contributed by atoms with Gasteiger partial charge in [0.25, 0.3) is 5.91 Å². The molecule has 0 radical (unpaired) electrons. The minimum absolute atomic E-state index is 0.0249. The lowest BCUT2D eigenvalue weighted by molar-refractivity contribution is -0.141. The average Bonchev–Trinajstić information content (AvgIpc) is 3.44. The number of hydrogen-bond donors (Lipinski definition) is 2. The Morgan fingerprint density at radius 3 is 2.44 bits per heavy atom. The molecular formula is C22H22ClF3N6O2. The number of para-hydroxylation sites is 1. The van der Waals surface area contributed by atoms with Crippen LogP contribution in [0.4, 0.5) is 24.5 Å². The van der Waals surface area contributed by atoms with Gasteiger partial charge in [0, 0.05) is 24.3 Å². The average molecular weight is 495 g/mol. The molecule has 1 atom stereocenters. The van der Waals surface area contributed by atoms with E-state index in [1.165, 1.54) is 17.8 Å². The summed E-state index contributed by atoms with van der Waals surface area (Å²) in [4.78, 5) is 25.8. The Bertz CT molecular complexity index is 1220. The standard InChI is InChI=1S/C22H22ClF3N6O2/c1-3-31-11-15(17(29-31)21(34)27-14-7-5-4-6-8-14)28-20(33)12(2)32-18(13-9-10-13)16(23)19(30-32)22(24,25)26/h4-8,11-13H,3,9-10H2,1-2H3,(H,27,34)(H,28,33). The highest BCUT2D eigenvalue weighted by atomic mass is 35.5. The maximum absolute atomic E-state index is 13.4. The first-order chi connectivity index (χ1) is 16.1. The maximum atomic E-state index is 13.4. The highest BCUT2D eigenvalue weighted by Gasteiger charge is 2.43. The molecule has 1 aliphatic rings. The molecule has 1 aliphatic carbocycles. The van der Waals surface area contributed by atoms with Crippen molar-refractivity contribution in [1.29, 1.82) is 0 Å². The number of nitrogens with zero attached hydrogens (tertiary/aromatic N) is 4. The Morgan fingerprint density at radius 1 is 1.18 bits per heavy atom. The van der Waals surface area contributed by atoms with E-state index in [1.807, 2.05) is 6.92 Å². The summed E-state index contributed by atoms with van der Waals surface area (Å²) in [5.41, 5.74) is -0.359. The number of aromatic nitrogens is 4. The van der Waals surface area contributed by atoms with Gasteiger partial charge in [-0.1, -0.05) is 29.8 Å². The Morgan fingerprint density at radius 2 is 1.85 bits per heavy atom. The summed E-state index contributed by atoms with van der Waals surface area (Å²) in [5, 5.41) is 12.7. The number of amides is 2. The van der Waals surface area contributed by atoms with Crippen LogP contribution in [0.25, 0.3) is 0 Å². The fourth-order valence-corrected chi connectivity index (χ4v) is 3.92. The van der Waals surface area contributed by atoms with E-state index in [1.54, 1.807) is 30.3 Å². The van der Waals surface area contributed by atoms with Gasteiger partial charge in [0.1, 0.15) is 6.04 Å². The monoisotopic (exact) mass is 494 g/mol. The number of rotatable bonds is 7. The van der Waals surface area contributed by atoms with E-state index in [0.717, 1.165) is 4.68 Å². The molecule has 2 heterocycles. The zero-order valence-corrected chi connectivity index (χ0v) is 19.1. The van der Waals surface area contributed by atoms with Crippen LogP contribution in [0.3, 0.4) is 0 Å². The first-order valence-corrected chi connectivity index (χ1v) is 11.1. The van der Waals surface area contributed by atoms with E-state index in [4.69, 9.17) is 11.6 Å².